The highest BCUT2D eigenvalue weighted by molar-refractivity contribution is 7.26. The lowest BCUT2D eigenvalue weighted by Crippen LogP contribution is -2.16. The Bertz CT molecular complexity index is 3480. The van der Waals surface area contributed by atoms with Gasteiger partial charge in [-0.15, -0.1) is 22.7 Å². The van der Waals surface area contributed by atoms with E-state index in [4.69, 9.17) is 25.7 Å². The number of hydrogen-bond donors (Lipinski definition) is 1. The van der Waals surface area contributed by atoms with E-state index in [9.17, 15) is 0 Å². The molecule has 0 spiro atoms. The summed E-state index contributed by atoms with van der Waals surface area (Å²) in [6.45, 7) is 0.433. The van der Waals surface area contributed by atoms with E-state index in [-0.39, 0.29) is 0 Å². The van der Waals surface area contributed by atoms with E-state index in [0.29, 0.717) is 24.0 Å². The summed E-state index contributed by atoms with van der Waals surface area (Å²) in [6, 6.07) is 69.3. The van der Waals surface area contributed by atoms with Gasteiger partial charge in [0.1, 0.15) is 5.84 Å². The molecule has 0 radical (unpaired) electrons. The zero-order valence-corrected chi connectivity index (χ0v) is 35.1. The van der Waals surface area contributed by atoms with Crippen molar-refractivity contribution in [3.05, 3.63) is 217 Å². The highest BCUT2D eigenvalue weighted by atomic mass is 32.1. The summed E-state index contributed by atoms with van der Waals surface area (Å²) in [5.41, 5.74) is 18.2. The minimum Gasteiger partial charge on any atom is -0.383 e. The van der Waals surface area contributed by atoms with Crippen LogP contribution in [0.5, 0.6) is 0 Å². The van der Waals surface area contributed by atoms with Gasteiger partial charge in [0.2, 0.25) is 0 Å². The smallest absolute Gasteiger partial charge is 0.160 e. The van der Waals surface area contributed by atoms with Gasteiger partial charge in [0.15, 0.2) is 11.7 Å². The molecular weight excluding hydrogens is 795 g/mol. The Balaban J connectivity index is 0.974. The van der Waals surface area contributed by atoms with Crippen molar-refractivity contribution < 1.29 is 0 Å². The summed E-state index contributed by atoms with van der Waals surface area (Å²) in [7, 11) is 0. The van der Waals surface area contributed by atoms with Crippen LogP contribution in [0.1, 0.15) is 16.7 Å². The first kappa shape index (κ1) is 37.4. The molecule has 62 heavy (non-hydrogen) atoms. The van der Waals surface area contributed by atoms with Crippen LogP contribution in [0.4, 0.5) is 0 Å². The van der Waals surface area contributed by atoms with Crippen LogP contribution in [0, 0.1) is 0 Å². The zero-order chi connectivity index (χ0) is 41.4. The van der Waals surface area contributed by atoms with Crippen LogP contribution < -0.4 is 5.73 Å². The number of nitrogens with zero attached hydrogens (tertiary/aromatic N) is 4. The average molecular weight is 832 g/mol. The second-order valence-electron chi connectivity index (χ2n) is 15.1. The third-order valence-electron chi connectivity index (χ3n) is 11.3. The Hall–Kier alpha value is -7.58. The van der Waals surface area contributed by atoms with E-state index in [1.807, 2.05) is 78.1 Å². The van der Waals surface area contributed by atoms with E-state index in [0.717, 1.165) is 65.8 Å². The summed E-state index contributed by atoms with van der Waals surface area (Å²) >= 11 is 3.56. The molecule has 0 unspecified atom stereocenters. The van der Waals surface area contributed by atoms with Crippen molar-refractivity contribution in [2.75, 3.05) is 0 Å². The Kier molecular flexibility index (Phi) is 9.73. The largest absolute Gasteiger partial charge is 0.383 e. The van der Waals surface area contributed by atoms with Gasteiger partial charge >= 0.3 is 0 Å². The number of rotatable bonds is 8. The van der Waals surface area contributed by atoms with Crippen LogP contribution in [0.2, 0.25) is 0 Å². The van der Waals surface area contributed by atoms with Gasteiger partial charge < -0.3 is 5.73 Å². The minimum absolute atomic E-state index is 0.417. The van der Waals surface area contributed by atoms with Gasteiger partial charge in [-0.05, 0) is 52.1 Å². The molecule has 0 saturated heterocycles. The van der Waals surface area contributed by atoms with E-state index >= 15 is 0 Å². The number of fused-ring (bicyclic) bond motifs is 6. The van der Waals surface area contributed by atoms with Crippen LogP contribution in [-0.4, -0.2) is 21.6 Å². The molecule has 0 aliphatic carbocycles. The maximum atomic E-state index is 6.77. The molecule has 3 heterocycles. The number of aliphatic imine (C=N–C) groups is 2. The number of thiophene rings is 2. The highest BCUT2D eigenvalue weighted by Gasteiger charge is 2.18. The summed E-state index contributed by atoms with van der Waals surface area (Å²) < 4.78 is 4.76. The molecule has 5 nitrogen and oxygen atoms in total. The van der Waals surface area contributed by atoms with E-state index in [2.05, 4.69) is 133 Å². The molecule has 7 heteroatoms. The molecule has 0 aliphatic heterocycles. The van der Waals surface area contributed by atoms with Gasteiger partial charge in [0.25, 0.3) is 0 Å². The van der Waals surface area contributed by atoms with Crippen LogP contribution in [-0.2, 0) is 6.54 Å². The summed E-state index contributed by atoms with van der Waals surface area (Å²) in [6.07, 6.45) is 0. The highest BCUT2D eigenvalue weighted by Crippen LogP contribution is 2.43. The first-order valence-electron chi connectivity index (χ1n) is 20.5. The fourth-order valence-corrected chi connectivity index (χ4v) is 10.6. The Labute approximate surface area is 366 Å². The zero-order valence-electron chi connectivity index (χ0n) is 33.4. The first-order valence-corrected chi connectivity index (χ1v) is 22.2. The van der Waals surface area contributed by atoms with Gasteiger partial charge in [0.05, 0.1) is 22.5 Å². The lowest BCUT2D eigenvalue weighted by molar-refractivity contribution is 1.08. The Morgan fingerprint density at radius 3 is 1.89 bits per heavy atom. The van der Waals surface area contributed by atoms with Crippen molar-refractivity contribution in [2.24, 2.45) is 15.7 Å². The van der Waals surface area contributed by atoms with Crippen LogP contribution in [0.15, 0.2) is 210 Å². The van der Waals surface area contributed by atoms with E-state index in [1.165, 1.54) is 30.4 Å². The van der Waals surface area contributed by atoms with E-state index < -0.39 is 0 Å². The SMILES string of the molecule is NC(=NC(=NCc1cccc2sc3cccc(-c4ccc(-c5nc(-c6ccccc6)c6sc7ccccc7c6n5)cc4)c3c12)c1ccccc1)c1cccc(-c2ccccc2)c1. The maximum Gasteiger partial charge on any atom is 0.160 e. The van der Waals surface area contributed by atoms with Gasteiger partial charge in [-0.2, -0.15) is 0 Å². The summed E-state index contributed by atoms with van der Waals surface area (Å²) in [5.74, 6) is 1.72. The van der Waals surface area contributed by atoms with Crippen LogP contribution in [0.3, 0.4) is 0 Å². The number of hydrogen-bond acceptors (Lipinski definition) is 5. The monoisotopic (exact) mass is 831 g/mol. The number of benzene rings is 8. The van der Waals surface area contributed by atoms with Crippen molar-refractivity contribution in [3.8, 4) is 44.9 Å². The lowest BCUT2D eigenvalue weighted by atomic mass is 9.96. The predicted octanol–water partition coefficient (Wildman–Crippen LogP) is 14.2. The fourth-order valence-electron chi connectivity index (χ4n) is 8.23. The van der Waals surface area contributed by atoms with Crippen molar-refractivity contribution in [1.29, 1.82) is 0 Å². The van der Waals surface area contributed by atoms with Crippen LogP contribution in [0.25, 0.3) is 85.4 Å². The van der Waals surface area contributed by atoms with Crippen molar-refractivity contribution in [2.45, 2.75) is 6.54 Å². The van der Waals surface area contributed by atoms with Crippen LogP contribution >= 0.6 is 22.7 Å². The minimum atomic E-state index is 0.417. The van der Waals surface area contributed by atoms with Gasteiger partial charge in [-0.25, -0.2) is 15.0 Å². The Morgan fingerprint density at radius 2 is 1.10 bits per heavy atom. The van der Waals surface area contributed by atoms with Gasteiger partial charge in [-0.1, -0.05) is 176 Å². The molecule has 2 N–H and O–H groups in total. The molecule has 11 rings (SSSR count). The molecule has 0 bridgehead atoms. The number of aromatic nitrogens is 2. The standard InChI is InChI=1S/C55H37N5S2/c56-53(41-22-12-21-40(33-41)35-15-4-1-5-16-35)60-54(38-19-8-3-9-20-38)57-34-42-23-13-27-46-48(42)49-43(25-14-28-47(49)61-46)36-29-31-39(32-30-36)55-58-50(37-17-6-2-7-18-37)52-51(59-55)44-24-10-11-26-45(44)62-52/h1-33H,34H2,(H2,56,57,60). The molecule has 0 fully saturated rings. The summed E-state index contributed by atoms with van der Waals surface area (Å²) in [4.78, 5) is 20.6. The fraction of sp³-hybridized carbons (Fsp3) is 0.0182. The molecule has 0 aliphatic rings. The van der Waals surface area contributed by atoms with Crippen molar-refractivity contribution in [1.82, 2.24) is 9.97 Å². The Morgan fingerprint density at radius 1 is 0.484 bits per heavy atom. The number of amidine groups is 2. The van der Waals surface area contributed by atoms with Gasteiger partial charge in [0, 0.05) is 52.5 Å². The molecular formula is C55H37N5S2. The lowest BCUT2D eigenvalue weighted by Gasteiger charge is -2.10. The maximum absolute atomic E-state index is 6.77. The normalized spacial score (nSPS) is 12.2. The third-order valence-corrected chi connectivity index (χ3v) is 13.5. The second-order valence-corrected chi connectivity index (χ2v) is 17.3. The first-order chi connectivity index (χ1) is 30.6. The molecule has 11 aromatic rings. The molecule has 0 saturated carbocycles. The molecule has 8 aromatic carbocycles. The average Bonchev–Trinajstić information content (AvgIpc) is 3.93. The molecule has 0 amide bonds. The molecule has 3 aromatic heterocycles. The second kappa shape index (κ2) is 16.1. The van der Waals surface area contributed by atoms with Crippen molar-refractivity contribution >= 4 is 74.8 Å². The number of nitrogens with two attached hydrogens (primary N) is 1. The topological polar surface area (TPSA) is 76.5 Å². The quantitative estimate of drug-likeness (QED) is 0.122. The van der Waals surface area contributed by atoms with Gasteiger partial charge in [-0.3, -0.25) is 4.99 Å². The van der Waals surface area contributed by atoms with E-state index in [1.54, 1.807) is 11.3 Å². The summed E-state index contributed by atoms with van der Waals surface area (Å²) in [5, 5.41) is 3.59. The van der Waals surface area contributed by atoms with Crippen molar-refractivity contribution in [3.63, 3.8) is 0 Å². The molecule has 294 valence electrons. The predicted molar refractivity (Wildman–Crippen MR) is 263 cm³/mol. The molecule has 0 atom stereocenters. The third kappa shape index (κ3) is 7.03.